The number of rotatable bonds is 4. The summed E-state index contributed by atoms with van der Waals surface area (Å²) in [5, 5.41) is 0. The summed E-state index contributed by atoms with van der Waals surface area (Å²) < 4.78 is 5.53. The summed E-state index contributed by atoms with van der Waals surface area (Å²) in [6.07, 6.45) is 2.31. The molecule has 3 rings (SSSR count). The van der Waals surface area contributed by atoms with E-state index in [1.807, 2.05) is 45.0 Å². The Morgan fingerprint density at radius 3 is 1.52 bits per heavy atom. The summed E-state index contributed by atoms with van der Waals surface area (Å²) >= 11 is 0. The van der Waals surface area contributed by atoms with E-state index in [1.165, 1.54) is 14.7 Å². The van der Waals surface area contributed by atoms with E-state index in [9.17, 15) is 4.79 Å². The van der Waals surface area contributed by atoms with Gasteiger partial charge in [-0.25, -0.2) is 0 Å². The van der Waals surface area contributed by atoms with Crippen LogP contribution in [-0.4, -0.2) is 12.2 Å². The van der Waals surface area contributed by atoms with Crippen molar-refractivity contribution in [2.75, 3.05) is 6.26 Å². The Morgan fingerprint density at radius 2 is 1.11 bits per heavy atom. The molecule has 0 spiro atoms. The van der Waals surface area contributed by atoms with E-state index in [0.717, 1.165) is 0 Å². The minimum absolute atomic E-state index is 0.225. The van der Waals surface area contributed by atoms with Crippen LogP contribution in [0.1, 0.15) is 20.8 Å². The molecule has 0 unspecified atom stereocenters. The molecular weight excluding hydrogens is 352 g/mol. The second kappa shape index (κ2) is 7.61. The monoisotopic (exact) mass is 378 g/mol. The Balaban J connectivity index is 2.01. The van der Waals surface area contributed by atoms with Gasteiger partial charge < -0.3 is 4.74 Å². The molecule has 0 aliphatic carbocycles. The third-order valence-electron chi connectivity index (χ3n) is 4.55. The molecule has 0 fully saturated rings. The predicted molar refractivity (Wildman–Crippen MR) is 113 cm³/mol. The minimum atomic E-state index is -1.39. The van der Waals surface area contributed by atoms with Crippen LogP contribution in [0.3, 0.4) is 0 Å². The van der Waals surface area contributed by atoms with Gasteiger partial charge in [0.2, 0.25) is 0 Å². The number of benzene rings is 3. The lowest BCUT2D eigenvalue weighted by molar-refractivity contribution is -0.142. The lowest BCUT2D eigenvalue weighted by Crippen LogP contribution is -2.25. The Morgan fingerprint density at radius 1 is 0.704 bits per heavy atom. The van der Waals surface area contributed by atoms with Gasteiger partial charge in [-0.3, -0.25) is 4.79 Å². The number of carbonyl (C=O) groups excluding carboxylic acids is 1. The van der Waals surface area contributed by atoms with Gasteiger partial charge in [-0.1, -0.05) is 36.4 Å². The molecule has 140 valence electrons. The van der Waals surface area contributed by atoms with Crippen molar-refractivity contribution in [1.29, 1.82) is 0 Å². The van der Waals surface area contributed by atoms with Gasteiger partial charge in [0.1, 0.15) is 5.75 Å². The Bertz CT molecular complexity index is 855. The highest BCUT2D eigenvalue weighted by Gasteiger charge is 2.27. The van der Waals surface area contributed by atoms with Crippen LogP contribution in [-0.2, 0) is 4.79 Å². The molecule has 3 aromatic rings. The van der Waals surface area contributed by atoms with Crippen molar-refractivity contribution in [3.63, 3.8) is 0 Å². The molecule has 3 heteroatoms. The first-order valence-electron chi connectivity index (χ1n) is 9.03. The fraction of sp³-hybridized carbons (Fsp3) is 0.208. The van der Waals surface area contributed by atoms with E-state index >= 15 is 0 Å². The number of hydrogen-bond acceptors (Lipinski definition) is 2. The molecule has 0 atom stereocenters. The Hall–Kier alpha value is -2.52. The number of hydrogen-bond donors (Lipinski definition) is 0. The molecule has 0 aliphatic heterocycles. The van der Waals surface area contributed by atoms with Crippen LogP contribution in [0.4, 0.5) is 0 Å². The normalized spacial score (nSPS) is 12.4. The molecule has 0 saturated carbocycles. The van der Waals surface area contributed by atoms with E-state index in [-0.39, 0.29) is 5.97 Å². The molecule has 0 aliphatic rings. The first kappa shape index (κ1) is 19.2. The van der Waals surface area contributed by atoms with Crippen LogP contribution in [0.25, 0.3) is 0 Å². The summed E-state index contributed by atoms with van der Waals surface area (Å²) in [4.78, 5) is 16.0. The smallest absolute Gasteiger partial charge is 0.316 e. The topological polar surface area (TPSA) is 26.3 Å². The second-order valence-corrected chi connectivity index (χ2v) is 10.9. The maximum absolute atomic E-state index is 12.1. The molecule has 0 heterocycles. The van der Waals surface area contributed by atoms with Crippen molar-refractivity contribution in [3.05, 3.63) is 84.9 Å². The first-order chi connectivity index (χ1) is 12.8. The van der Waals surface area contributed by atoms with Crippen molar-refractivity contribution in [1.82, 2.24) is 0 Å². The highest BCUT2D eigenvalue weighted by molar-refractivity contribution is 8.33. The number of ether oxygens (including phenoxy) is 1. The van der Waals surface area contributed by atoms with Crippen molar-refractivity contribution in [2.45, 2.75) is 35.5 Å². The SMILES string of the molecule is CC(C)(C)C(=O)Oc1ccc(S(C)(c2ccccc2)c2ccccc2)cc1. The van der Waals surface area contributed by atoms with Gasteiger partial charge in [0.05, 0.1) is 5.41 Å². The third kappa shape index (κ3) is 4.09. The second-order valence-electron chi connectivity index (χ2n) is 7.66. The average Bonchev–Trinajstić information content (AvgIpc) is 2.68. The third-order valence-corrected chi connectivity index (χ3v) is 8.19. The van der Waals surface area contributed by atoms with Crippen LogP contribution < -0.4 is 4.74 Å². The van der Waals surface area contributed by atoms with Crippen LogP contribution in [0.2, 0.25) is 0 Å². The zero-order valence-corrected chi connectivity index (χ0v) is 17.1. The van der Waals surface area contributed by atoms with Crippen LogP contribution in [0, 0.1) is 5.41 Å². The summed E-state index contributed by atoms with van der Waals surface area (Å²) in [5.41, 5.74) is -0.521. The standard InChI is InChI=1S/C24H26O2S/c1-24(2,3)23(25)26-19-15-17-22(18-16-19)27(4,20-11-7-5-8-12-20)21-13-9-6-10-14-21/h5-18H,1-4H3. The first-order valence-corrected chi connectivity index (χ1v) is 11.1. The van der Waals surface area contributed by atoms with E-state index in [4.69, 9.17) is 4.74 Å². The van der Waals surface area contributed by atoms with Crippen molar-refractivity contribution in [3.8, 4) is 5.75 Å². The lowest BCUT2D eigenvalue weighted by atomic mass is 9.97. The summed E-state index contributed by atoms with van der Waals surface area (Å²) in [5.74, 6) is 0.359. The van der Waals surface area contributed by atoms with E-state index < -0.39 is 15.4 Å². The number of esters is 1. The van der Waals surface area contributed by atoms with Crippen LogP contribution >= 0.6 is 10.0 Å². The van der Waals surface area contributed by atoms with Crippen LogP contribution in [0.15, 0.2) is 99.6 Å². The molecule has 2 nitrogen and oxygen atoms in total. The molecule has 0 aromatic heterocycles. The maximum Gasteiger partial charge on any atom is 0.316 e. The Labute approximate surface area is 163 Å². The average molecular weight is 379 g/mol. The number of carbonyl (C=O) groups is 1. The maximum atomic E-state index is 12.1. The highest BCUT2D eigenvalue weighted by Crippen LogP contribution is 2.65. The zero-order valence-electron chi connectivity index (χ0n) is 16.3. The van der Waals surface area contributed by atoms with Crippen LogP contribution in [0.5, 0.6) is 5.75 Å². The van der Waals surface area contributed by atoms with Crippen molar-refractivity contribution < 1.29 is 9.53 Å². The lowest BCUT2D eigenvalue weighted by Gasteiger charge is -2.37. The predicted octanol–water partition coefficient (Wildman–Crippen LogP) is 6.55. The molecule has 27 heavy (non-hydrogen) atoms. The molecular formula is C24H26O2S. The van der Waals surface area contributed by atoms with Gasteiger partial charge in [0.15, 0.2) is 0 Å². The molecule has 0 amide bonds. The fourth-order valence-electron chi connectivity index (χ4n) is 2.83. The van der Waals surface area contributed by atoms with Crippen molar-refractivity contribution in [2.24, 2.45) is 5.41 Å². The zero-order chi connectivity index (χ0) is 19.5. The fourth-order valence-corrected chi connectivity index (χ4v) is 5.73. The van der Waals surface area contributed by atoms with Gasteiger partial charge >= 0.3 is 5.97 Å². The van der Waals surface area contributed by atoms with Crippen molar-refractivity contribution >= 4 is 16.0 Å². The van der Waals surface area contributed by atoms with Gasteiger partial charge in [0.25, 0.3) is 0 Å². The summed E-state index contributed by atoms with van der Waals surface area (Å²) in [7, 11) is -1.39. The molecule has 0 N–H and O–H groups in total. The molecule has 0 saturated heterocycles. The largest absolute Gasteiger partial charge is 0.426 e. The van der Waals surface area contributed by atoms with Gasteiger partial charge in [-0.05, 0) is 90.2 Å². The van der Waals surface area contributed by atoms with Gasteiger partial charge in [0, 0.05) is 0 Å². The van der Waals surface area contributed by atoms with E-state index in [2.05, 4.69) is 66.9 Å². The molecule has 3 aromatic carbocycles. The summed E-state index contributed by atoms with van der Waals surface area (Å²) in [6.45, 7) is 5.57. The van der Waals surface area contributed by atoms with Gasteiger partial charge in [-0.15, -0.1) is 0 Å². The van der Waals surface area contributed by atoms with E-state index in [1.54, 1.807) is 0 Å². The minimum Gasteiger partial charge on any atom is -0.426 e. The molecule has 0 radical (unpaired) electrons. The van der Waals surface area contributed by atoms with E-state index in [0.29, 0.717) is 5.75 Å². The molecule has 0 bridgehead atoms. The van der Waals surface area contributed by atoms with Gasteiger partial charge in [-0.2, -0.15) is 10.0 Å². The summed E-state index contributed by atoms with van der Waals surface area (Å²) in [6, 6.07) is 29.2. The highest BCUT2D eigenvalue weighted by atomic mass is 32.3. The Kier molecular flexibility index (Phi) is 5.43. The quantitative estimate of drug-likeness (QED) is 0.380.